The van der Waals surface area contributed by atoms with Crippen LogP contribution in [0.15, 0.2) is 12.3 Å². The Balaban J connectivity index is 1.86. The Kier molecular flexibility index (Phi) is 3.88. The standard InChI is InChI=1S/C13H17N3O2/c14-6-2-1-3-7-18-13(17)12-8-10(15)9-16(12)11-4-5-11/h8-9,11H,1-5,7,15H2. The number of ether oxygens (including phenoxy) is 1. The molecule has 0 aromatic carbocycles. The van der Waals surface area contributed by atoms with Gasteiger partial charge in [-0.2, -0.15) is 5.26 Å². The van der Waals surface area contributed by atoms with Gasteiger partial charge in [0.15, 0.2) is 0 Å². The number of esters is 1. The van der Waals surface area contributed by atoms with E-state index in [-0.39, 0.29) is 5.97 Å². The van der Waals surface area contributed by atoms with Crippen LogP contribution in [0, 0.1) is 11.3 Å². The number of nitrogens with two attached hydrogens (primary N) is 1. The molecule has 1 saturated carbocycles. The smallest absolute Gasteiger partial charge is 0.355 e. The van der Waals surface area contributed by atoms with Crippen molar-refractivity contribution in [3.63, 3.8) is 0 Å². The first-order valence-corrected chi connectivity index (χ1v) is 6.24. The van der Waals surface area contributed by atoms with E-state index in [4.69, 9.17) is 15.7 Å². The molecule has 5 nitrogen and oxygen atoms in total. The Morgan fingerprint density at radius 1 is 1.56 bits per heavy atom. The lowest BCUT2D eigenvalue weighted by molar-refractivity contribution is 0.0486. The number of nitrogens with zero attached hydrogens (tertiary/aromatic N) is 2. The monoisotopic (exact) mass is 247 g/mol. The number of nitrogen functional groups attached to an aromatic ring is 1. The molecule has 0 bridgehead atoms. The minimum atomic E-state index is -0.324. The molecule has 0 aliphatic heterocycles. The van der Waals surface area contributed by atoms with Gasteiger partial charge in [0.2, 0.25) is 0 Å². The molecular formula is C13H17N3O2. The van der Waals surface area contributed by atoms with Gasteiger partial charge in [0.1, 0.15) is 5.69 Å². The Labute approximate surface area is 106 Å². The molecule has 2 rings (SSSR count). The first kappa shape index (κ1) is 12.5. The maximum absolute atomic E-state index is 11.9. The van der Waals surface area contributed by atoms with Crippen molar-refractivity contribution >= 4 is 11.7 Å². The normalized spacial score (nSPS) is 14.2. The van der Waals surface area contributed by atoms with Crippen LogP contribution in [-0.2, 0) is 4.74 Å². The first-order chi connectivity index (χ1) is 8.72. The Hall–Kier alpha value is -1.96. The summed E-state index contributed by atoms with van der Waals surface area (Å²) in [6.07, 6.45) is 5.97. The summed E-state index contributed by atoms with van der Waals surface area (Å²) in [6.45, 7) is 0.357. The molecule has 5 heteroatoms. The van der Waals surface area contributed by atoms with Crippen molar-refractivity contribution in [2.24, 2.45) is 0 Å². The Morgan fingerprint density at radius 2 is 2.33 bits per heavy atom. The molecule has 1 aromatic rings. The van der Waals surface area contributed by atoms with Gasteiger partial charge in [-0.1, -0.05) is 0 Å². The lowest BCUT2D eigenvalue weighted by atomic mass is 10.3. The summed E-state index contributed by atoms with van der Waals surface area (Å²) in [6, 6.07) is 4.13. The topological polar surface area (TPSA) is 81.0 Å². The number of unbranched alkanes of at least 4 members (excludes halogenated alkanes) is 2. The van der Waals surface area contributed by atoms with Crippen LogP contribution in [0.2, 0.25) is 0 Å². The quantitative estimate of drug-likeness (QED) is 0.617. The molecule has 1 aliphatic rings. The van der Waals surface area contributed by atoms with E-state index in [9.17, 15) is 4.79 Å². The number of anilines is 1. The van der Waals surface area contributed by atoms with Gasteiger partial charge in [0, 0.05) is 18.7 Å². The number of aromatic nitrogens is 1. The van der Waals surface area contributed by atoms with Crippen molar-refractivity contribution < 1.29 is 9.53 Å². The average Bonchev–Trinajstić information content (AvgIpc) is 3.12. The lowest BCUT2D eigenvalue weighted by Gasteiger charge is -2.07. The zero-order valence-electron chi connectivity index (χ0n) is 10.3. The largest absolute Gasteiger partial charge is 0.461 e. The highest BCUT2D eigenvalue weighted by molar-refractivity contribution is 5.89. The second-order valence-electron chi connectivity index (χ2n) is 4.55. The third-order valence-corrected chi connectivity index (χ3v) is 2.94. The molecule has 0 atom stereocenters. The highest BCUT2D eigenvalue weighted by atomic mass is 16.5. The molecule has 0 spiro atoms. The van der Waals surface area contributed by atoms with E-state index in [0.29, 0.717) is 30.5 Å². The Bertz CT molecular complexity index is 469. The number of hydrogen-bond donors (Lipinski definition) is 1. The van der Waals surface area contributed by atoms with E-state index < -0.39 is 0 Å². The molecule has 1 heterocycles. The van der Waals surface area contributed by atoms with E-state index in [1.807, 2.05) is 4.57 Å². The highest BCUT2D eigenvalue weighted by Gasteiger charge is 2.28. The first-order valence-electron chi connectivity index (χ1n) is 6.24. The molecule has 1 aliphatic carbocycles. The predicted molar refractivity (Wildman–Crippen MR) is 66.9 cm³/mol. The van der Waals surface area contributed by atoms with Gasteiger partial charge in [0.25, 0.3) is 0 Å². The van der Waals surface area contributed by atoms with Crippen molar-refractivity contribution in [1.29, 1.82) is 5.26 Å². The van der Waals surface area contributed by atoms with Gasteiger partial charge >= 0.3 is 5.97 Å². The zero-order chi connectivity index (χ0) is 13.0. The van der Waals surface area contributed by atoms with E-state index in [2.05, 4.69) is 6.07 Å². The van der Waals surface area contributed by atoms with Crippen LogP contribution in [0.3, 0.4) is 0 Å². The van der Waals surface area contributed by atoms with Crippen molar-refractivity contribution in [1.82, 2.24) is 4.57 Å². The number of rotatable bonds is 6. The second kappa shape index (κ2) is 5.58. The minimum Gasteiger partial charge on any atom is -0.461 e. The molecule has 2 N–H and O–H groups in total. The van der Waals surface area contributed by atoms with E-state index in [1.165, 1.54) is 0 Å². The third-order valence-electron chi connectivity index (χ3n) is 2.94. The summed E-state index contributed by atoms with van der Waals surface area (Å²) in [5.41, 5.74) is 6.85. The van der Waals surface area contributed by atoms with E-state index in [0.717, 1.165) is 25.7 Å². The molecule has 0 radical (unpaired) electrons. The molecule has 96 valence electrons. The van der Waals surface area contributed by atoms with Gasteiger partial charge in [-0.15, -0.1) is 0 Å². The van der Waals surface area contributed by atoms with Crippen LogP contribution in [0.4, 0.5) is 5.69 Å². The zero-order valence-corrected chi connectivity index (χ0v) is 10.3. The summed E-state index contributed by atoms with van der Waals surface area (Å²) >= 11 is 0. The van der Waals surface area contributed by atoms with Gasteiger partial charge < -0.3 is 15.0 Å². The second-order valence-corrected chi connectivity index (χ2v) is 4.55. The van der Waals surface area contributed by atoms with Gasteiger partial charge in [0.05, 0.1) is 18.4 Å². The maximum Gasteiger partial charge on any atom is 0.355 e. The van der Waals surface area contributed by atoms with E-state index in [1.54, 1.807) is 12.3 Å². The third kappa shape index (κ3) is 3.04. The fourth-order valence-electron chi connectivity index (χ4n) is 1.86. The van der Waals surface area contributed by atoms with Crippen LogP contribution >= 0.6 is 0 Å². The number of carbonyl (C=O) groups excluding carboxylic acids is 1. The van der Waals surface area contributed by atoms with Gasteiger partial charge in [-0.05, 0) is 31.7 Å². The fraction of sp³-hybridized carbons (Fsp3) is 0.538. The molecule has 1 fully saturated rings. The van der Waals surface area contributed by atoms with Crippen molar-refractivity contribution in [2.75, 3.05) is 12.3 Å². The SMILES string of the molecule is N#CCCCCOC(=O)c1cc(N)cn1C1CC1. The highest BCUT2D eigenvalue weighted by Crippen LogP contribution is 2.37. The summed E-state index contributed by atoms with van der Waals surface area (Å²) in [5.74, 6) is -0.324. The van der Waals surface area contributed by atoms with Gasteiger partial charge in [-0.3, -0.25) is 0 Å². The number of carbonyl (C=O) groups is 1. The molecule has 1 aromatic heterocycles. The van der Waals surface area contributed by atoms with Crippen molar-refractivity contribution in [2.45, 2.75) is 38.1 Å². The lowest BCUT2D eigenvalue weighted by Crippen LogP contribution is -2.11. The molecule has 18 heavy (non-hydrogen) atoms. The summed E-state index contributed by atoms with van der Waals surface area (Å²) in [7, 11) is 0. The van der Waals surface area contributed by atoms with Gasteiger partial charge in [-0.25, -0.2) is 4.79 Å². The van der Waals surface area contributed by atoms with Crippen molar-refractivity contribution in [3.8, 4) is 6.07 Å². The predicted octanol–water partition coefficient (Wildman–Crippen LogP) is 2.26. The number of nitriles is 1. The molecule has 0 unspecified atom stereocenters. The van der Waals surface area contributed by atoms with E-state index >= 15 is 0 Å². The summed E-state index contributed by atoms with van der Waals surface area (Å²) in [5, 5.41) is 8.38. The molecular weight excluding hydrogens is 230 g/mol. The van der Waals surface area contributed by atoms with Crippen LogP contribution in [0.1, 0.15) is 48.6 Å². The summed E-state index contributed by atoms with van der Waals surface area (Å²) in [4.78, 5) is 11.9. The van der Waals surface area contributed by atoms with Crippen LogP contribution in [-0.4, -0.2) is 17.1 Å². The summed E-state index contributed by atoms with van der Waals surface area (Å²) < 4.78 is 7.09. The fourth-order valence-corrected chi connectivity index (χ4v) is 1.86. The minimum absolute atomic E-state index is 0.324. The Morgan fingerprint density at radius 3 is 3.00 bits per heavy atom. The average molecular weight is 247 g/mol. The maximum atomic E-state index is 11.9. The molecule has 0 amide bonds. The van der Waals surface area contributed by atoms with Crippen LogP contribution < -0.4 is 5.73 Å². The van der Waals surface area contributed by atoms with Crippen LogP contribution in [0.25, 0.3) is 0 Å². The molecule has 0 saturated heterocycles. The van der Waals surface area contributed by atoms with Crippen LogP contribution in [0.5, 0.6) is 0 Å². The van der Waals surface area contributed by atoms with Crippen molar-refractivity contribution in [3.05, 3.63) is 18.0 Å². The number of hydrogen-bond acceptors (Lipinski definition) is 4.